The molecule has 0 amide bonds. The maximum Gasteiger partial charge on any atom is 0.191 e. The molecule has 0 unspecified atom stereocenters. The van der Waals surface area contributed by atoms with Crippen molar-refractivity contribution in [2.75, 3.05) is 26.3 Å². The van der Waals surface area contributed by atoms with Crippen LogP contribution in [0, 0.1) is 5.92 Å². The predicted molar refractivity (Wildman–Crippen MR) is 92.5 cm³/mol. The highest BCUT2D eigenvalue weighted by Gasteiger charge is 2.20. The van der Waals surface area contributed by atoms with E-state index in [0.29, 0.717) is 6.54 Å². The summed E-state index contributed by atoms with van der Waals surface area (Å²) in [4.78, 5) is 9.13. The van der Waals surface area contributed by atoms with Crippen LogP contribution in [-0.2, 0) is 17.7 Å². The number of hydrogen-bond acceptors (Lipinski definition) is 4. The van der Waals surface area contributed by atoms with Crippen LogP contribution in [0.1, 0.15) is 43.8 Å². The Morgan fingerprint density at radius 3 is 2.95 bits per heavy atom. The third-order valence-electron chi connectivity index (χ3n) is 3.45. The van der Waals surface area contributed by atoms with Gasteiger partial charge in [0, 0.05) is 31.7 Å². The van der Waals surface area contributed by atoms with Gasteiger partial charge in [0.25, 0.3) is 0 Å². The van der Waals surface area contributed by atoms with Gasteiger partial charge in [0.1, 0.15) is 0 Å². The van der Waals surface area contributed by atoms with E-state index in [1.54, 1.807) is 11.3 Å². The van der Waals surface area contributed by atoms with E-state index >= 15 is 0 Å². The predicted octanol–water partition coefficient (Wildman–Crippen LogP) is 2.58. The quantitative estimate of drug-likeness (QED) is 0.394. The molecule has 0 bridgehead atoms. The van der Waals surface area contributed by atoms with Crippen LogP contribution in [0.15, 0.2) is 10.4 Å². The first-order valence-corrected chi connectivity index (χ1v) is 9.23. The Labute approximate surface area is 137 Å². The second-order valence-corrected chi connectivity index (χ2v) is 6.52. The molecule has 124 valence electrons. The van der Waals surface area contributed by atoms with Gasteiger partial charge in [-0.25, -0.2) is 9.98 Å². The molecular weight excluding hydrogens is 296 g/mol. The summed E-state index contributed by atoms with van der Waals surface area (Å²) in [6.07, 6.45) is 4.71. The molecule has 0 aliphatic heterocycles. The zero-order valence-corrected chi connectivity index (χ0v) is 14.5. The Balaban J connectivity index is 1.64. The van der Waals surface area contributed by atoms with Crippen molar-refractivity contribution >= 4 is 17.3 Å². The minimum Gasteiger partial charge on any atom is -0.381 e. The number of rotatable bonds is 10. The lowest BCUT2D eigenvalue weighted by Gasteiger charge is -2.11. The van der Waals surface area contributed by atoms with Crippen LogP contribution in [0.4, 0.5) is 0 Å². The van der Waals surface area contributed by atoms with Crippen molar-refractivity contribution in [2.24, 2.45) is 10.9 Å². The van der Waals surface area contributed by atoms with Gasteiger partial charge >= 0.3 is 0 Å². The number of nitrogens with one attached hydrogen (secondary N) is 2. The number of nitrogens with zero attached hydrogens (tertiary/aromatic N) is 2. The van der Waals surface area contributed by atoms with Gasteiger partial charge in [-0.2, -0.15) is 0 Å². The number of hydrogen-bond donors (Lipinski definition) is 2. The van der Waals surface area contributed by atoms with Crippen LogP contribution in [0.2, 0.25) is 0 Å². The summed E-state index contributed by atoms with van der Waals surface area (Å²) >= 11 is 1.71. The summed E-state index contributed by atoms with van der Waals surface area (Å²) < 4.78 is 5.63. The molecule has 2 N–H and O–H groups in total. The molecule has 0 radical (unpaired) electrons. The Hall–Kier alpha value is -1.14. The highest BCUT2D eigenvalue weighted by molar-refractivity contribution is 7.09. The van der Waals surface area contributed by atoms with E-state index in [9.17, 15) is 0 Å². The molecule has 1 aromatic rings. The minimum atomic E-state index is 0.629. The number of ether oxygens (including phenoxy) is 1. The van der Waals surface area contributed by atoms with Gasteiger partial charge in [-0.1, -0.05) is 6.92 Å². The molecule has 0 atom stereocenters. The second kappa shape index (κ2) is 9.79. The SMILES string of the molecule is CCNC(=NCc1csc(CC)n1)NCCCOCC1CC1. The highest BCUT2D eigenvalue weighted by atomic mass is 32.1. The number of aromatic nitrogens is 1. The third kappa shape index (κ3) is 6.75. The van der Waals surface area contributed by atoms with Crippen LogP contribution in [0.25, 0.3) is 0 Å². The zero-order valence-electron chi connectivity index (χ0n) is 13.7. The van der Waals surface area contributed by atoms with Crippen LogP contribution >= 0.6 is 11.3 Å². The van der Waals surface area contributed by atoms with E-state index in [0.717, 1.165) is 56.7 Å². The number of guanidine groups is 1. The molecule has 22 heavy (non-hydrogen) atoms. The number of aliphatic imine (C=N–C) groups is 1. The first kappa shape index (κ1) is 17.2. The topological polar surface area (TPSA) is 58.5 Å². The van der Waals surface area contributed by atoms with Crippen LogP contribution < -0.4 is 10.6 Å². The molecule has 1 aliphatic carbocycles. The monoisotopic (exact) mass is 324 g/mol. The molecule has 0 spiro atoms. The summed E-state index contributed by atoms with van der Waals surface area (Å²) in [6, 6.07) is 0. The van der Waals surface area contributed by atoms with E-state index < -0.39 is 0 Å². The van der Waals surface area contributed by atoms with E-state index in [1.165, 1.54) is 17.8 Å². The van der Waals surface area contributed by atoms with Crippen molar-refractivity contribution in [1.82, 2.24) is 15.6 Å². The maximum atomic E-state index is 5.63. The lowest BCUT2D eigenvalue weighted by Crippen LogP contribution is -2.38. The van der Waals surface area contributed by atoms with Gasteiger partial charge in [0.15, 0.2) is 5.96 Å². The molecule has 0 aromatic carbocycles. The number of thiazole rings is 1. The van der Waals surface area contributed by atoms with E-state index in [2.05, 4.69) is 39.8 Å². The van der Waals surface area contributed by atoms with Gasteiger partial charge < -0.3 is 15.4 Å². The fourth-order valence-electron chi connectivity index (χ4n) is 2.00. The van der Waals surface area contributed by atoms with Gasteiger partial charge in [0.2, 0.25) is 0 Å². The molecule has 2 rings (SSSR count). The van der Waals surface area contributed by atoms with Gasteiger partial charge in [-0.05, 0) is 38.5 Å². The van der Waals surface area contributed by atoms with E-state index in [1.807, 2.05) is 0 Å². The smallest absolute Gasteiger partial charge is 0.191 e. The highest BCUT2D eigenvalue weighted by Crippen LogP contribution is 2.28. The molecular formula is C16H28N4OS. The normalized spacial score (nSPS) is 15.1. The molecule has 1 aliphatic rings. The largest absolute Gasteiger partial charge is 0.381 e. The average molecular weight is 324 g/mol. The van der Waals surface area contributed by atoms with Crippen molar-refractivity contribution in [3.8, 4) is 0 Å². The summed E-state index contributed by atoms with van der Waals surface area (Å²) in [5.74, 6) is 1.70. The van der Waals surface area contributed by atoms with Crippen LogP contribution in [0.5, 0.6) is 0 Å². The fourth-order valence-corrected chi connectivity index (χ4v) is 2.74. The minimum absolute atomic E-state index is 0.629. The van der Waals surface area contributed by atoms with Crippen molar-refractivity contribution < 1.29 is 4.74 Å². The van der Waals surface area contributed by atoms with Crippen molar-refractivity contribution in [3.05, 3.63) is 16.1 Å². The Morgan fingerprint density at radius 2 is 2.27 bits per heavy atom. The first-order valence-electron chi connectivity index (χ1n) is 8.35. The first-order chi connectivity index (χ1) is 10.8. The standard InChI is InChI=1S/C16H28N4OS/c1-3-15-20-14(12-22-15)10-19-16(17-4-2)18-8-5-9-21-11-13-6-7-13/h12-13H,3-11H2,1-2H3,(H2,17,18,19). The molecule has 1 aromatic heterocycles. The van der Waals surface area contributed by atoms with Crippen molar-refractivity contribution in [2.45, 2.75) is 46.1 Å². The summed E-state index contributed by atoms with van der Waals surface area (Å²) in [5.41, 5.74) is 1.05. The Morgan fingerprint density at radius 1 is 1.41 bits per heavy atom. The molecule has 1 saturated carbocycles. The molecule has 6 heteroatoms. The third-order valence-corrected chi connectivity index (χ3v) is 4.50. The summed E-state index contributed by atoms with van der Waals surface area (Å²) in [5, 5.41) is 9.89. The summed E-state index contributed by atoms with van der Waals surface area (Å²) in [7, 11) is 0. The Kier molecular flexibility index (Phi) is 7.66. The van der Waals surface area contributed by atoms with E-state index in [-0.39, 0.29) is 0 Å². The fraction of sp³-hybridized carbons (Fsp3) is 0.750. The Bertz CT molecular complexity index is 457. The lowest BCUT2D eigenvalue weighted by molar-refractivity contribution is 0.123. The van der Waals surface area contributed by atoms with Crippen LogP contribution in [-0.4, -0.2) is 37.2 Å². The van der Waals surface area contributed by atoms with Gasteiger partial charge in [0.05, 0.1) is 17.2 Å². The molecule has 0 saturated heterocycles. The van der Waals surface area contributed by atoms with Gasteiger partial charge in [-0.3, -0.25) is 0 Å². The van der Waals surface area contributed by atoms with Crippen LogP contribution in [0.3, 0.4) is 0 Å². The summed E-state index contributed by atoms with van der Waals surface area (Å²) in [6.45, 7) is 8.35. The van der Waals surface area contributed by atoms with Crippen molar-refractivity contribution in [1.29, 1.82) is 0 Å². The zero-order chi connectivity index (χ0) is 15.6. The average Bonchev–Trinajstić information content (AvgIpc) is 3.24. The second-order valence-electron chi connectivity index (χ2n) is 5.58. The molecule has 1 fully saturated rings. The van der Waals surface area contributed by atoms with Gasteiger partial charge in [-0.15, -0.1) is 11.3 Å². The lowest BCUT2D eigenvalue weighted by atomic mass is 10.4. The maximum absolute atomic E-state index is 5.63. The van der Waals surface area contributed by atoms with E-state index in [4.69, 9.17) is 4.74 Å². The molecule has 5 nitrogen and oxygen atoms in total. The number of aryl methyl sites for hydroxylation is 1. The molecule has 1 heterocycles. The van der Waals surface area contributed by atoms with Crippen molar-refractivity contribution in [3.63, 3.8) is 0 Å².